The maximum atomic E-state index is 13.1. The predicted octanol–water partition coefficient (Wildman–Crippen LogP) is 3.65. The second kappa shape index (κ2) is 7.88. The Hall–Kier alpha value is -2.25. The number of sulfonamides is 1. The zero-order chi connectivity index (χ0) is 20.6. The monoisotopic (exact) mass is 412 g/mol. The van der Waals surface area contributed by atoms with Crippen molar-refractivity contribution in [2.24, 2.45) is 11.8 Å². The fraction of sp³-hybridized carbons (Fsp3) is 0.455. The summed E-state index contributed by atoms with van der Waals surface area (Å²) in [5.74, 6) is 1.75. The summed E-state index contributed by atoms with van der Waals surface area (Å²) in [5, 5.41) is 0. The van der Waals surface area contributed by atoms with Crippen molar-refractivity contribution in [2.75, 3.05) is 13.1 Å². The Labute approximate surface area is 172 Å². The summed E-state index contributed by atoms with van der Waals surface area (Å²) in [5.41, 5.74) is 2.62. The number of fused-ring (bicyclic) bond motifs is 1. The summed E-state index contributed by atoms with van der Waals surface area (Å²) in [4.78, 5) is 9.76. The Morgan fingerprint density at radius 1 is 1.17 bits per heavy atom. The molecule has 6 nitrogen and oxygen atoms in total. The van der Waals surface area contributed by atoms with Crippen molar-refractivity contribution >= 4 is 21.2 Å². The molecule has 1 aliphatic rings. The fourth-order valence-electron chi connectivity index (χ4n) is 4.14. The Morgan fingerprint density at radius 3 is 2.72 bits per heavy atom. The minimum Gasteiger partial charge on any atom is -0.312 e. The fourth-order valence-corrected chi connectivity index (χ4v) is 5.90. The average molecular weight is 413 g/mol. The number of rotatable bonds is 6. The second-order valence-electron chi connectivity index (χ2n) is 8.37. The third kappa shape index (κ3) is 3.94. The number of hydrogen-bond donors (Lipinski definition) is 0. The van der Waals surface area contributed by atoms with Crippen LogP contribution in [0, 0.1) is 18.8 Å². The van der Waals surface area contributed by atoms with E-state index in [0.717, 1.165) is 41.9 Å². The topological polar surface area (TPSA) is 68.1 Å². The van der Waals surface area contributed by atoms with Gasteiger partial charge in [-0.05, 0) is 48.9 Å². The first kappa shape index (κ1) is 20.0. The van der Waals surface area contributed by atoms with Gasteiger partial charge in [0.05, 0.1) is 4.90 Å². The van der Waals surface area contributed by atoms with Crippen molar-refractivity contribution in [3.05, 3.63) is 54.0 Å². The lowest BCUT2D eigenvalue weighted by atomic mass is 10.0. The smallest absolute Gasteiger partial charge is 0.243 e. The highest BCUT2D eigenvalue weighted by Gasteiger charge is 2.34. The van der Waals surface area contributed by atoms with Crippen LogP contribution in [0.2, 0.25) is 0 Å². The highest BCUT2D eigenvalue weighted by molar-refractivity contribution is 7.89. The first-order valence-electron chi connectivity index (χ1n) is 10.2. The third-order valence-electron chi connectivity index (χ3n) is 5.56. The maximum absolute atomic E-state index is 13.1. The molecule has 0 spiro atoms. The zero-order valence-corrected chi connectivity index (χ0v) is 18.1. The molecule has 29 heavy (non-hydrogen) atoms. The number of pyridine rings is 1. The van der Waals surface area contributed by atoms with Crippen LogP contribution in [-0.4, -0.2) is 40.3 Å². The Morgan fingerprint density at radius 2 is 1.97 bits per heavy atom. The molecule has 154 valence electrons. The van der Waals surface area contributed by atoms with Crippen molar-refractivity contribution < 1.29 is 8.42 Å². The van der Waals surface area contributed by atoms with Crippen molar-refractivity contribution in [1.29, 1.82) is 0 Å². The van der Waals surface area contributed by atoms with Gasteiger partial charge in [-0.25, -0.2) is 18.4 Å². The number of benzene rings is 1. The molecular formula is C22H28N4O2S. The molecule has 3 heterocycles. The minimum atomic E-state index is -3.45. The van der Waals surface area contributed by atoms with Crippen LogP contribution in [-0.2, 0) is 23.0 Å². The van der Waals surface area contributed by atoms with Gasteiger partial charge >= 0.3 is 0 Å². The molecule has 3 aromatic rings. The lowest BCUT2D eigenvalue weighted by Gasteiger charge is -2.18. The molecule has 4 rings (SSSR count). The van der Waals surface area contributed by atoms with Crippen molar-refractivity contribution in [2.45, 2.75) is 45.1 Å². The summed E-state index contributed by atoms with van der Waals surface area (Å²) in [6, 6.07) is 11.1. The Kier molecular flexibility index (Phi) is 5.44. The summed E-state index contributed by atoms with van der Waals surface area (Å²) in [6.07, 6.45) is 3.42. The largest absolute Gasteiger partial charge is 0.312 e. The lowest BCUT2D eigenvalue weighted by Crippen LogP contribution is -2.29. The highest BCUT2D eigenvalue weighted by atomic mass is 32.2. The number of aromatic nitrogens is 3. The zero-order valence-electron chi connectivity index (χ0n) is 17.2. The van der Waals surface area contributed by atoms with E-state index < -0.39 is 10.0 Å². The summed E-state index contributed by atoms with van der Waals surface area (Å²) < 4.78 is 30.0. The standard InChI is InChI=1S/C22H28N4O2S/c1-16(2)14-26-21(24-19-8-6-11-23-22(19)26)13-18-10-12-25(15-18)29(27,28)20-9-5-4-7-17(20)3/h4-9,11,16,18H,10,12-15H2,1-3H3. The lowest BCUT2D eigenvalue weighted by molar-refractivity contribution is 0.444. The van der Waals surface area contributed by atoms with Crippen LogP contribution in [0.4, 0.5) is 0 Å². The Bertz CT molecular complexity index is 1120. The molecular weight excluding hydrogens is 384 g/mol. The van der Waals surface area contributed by atoms with Gasteiger partial charge in [0.15, 0.2) is 5.65 Å². The summed E-state index contributed by atoms with van der Waals surface area (Å²) in [6.45, 7) is 8.18. The van der Waals surface area contributed by atoms with E-state index in [1.165, 1.54) is 0 Å². The molecule has 1 saturated heterocycles. The van der Waals surface area contributed by atoms with Gasteiger partial charge in [0.1, 0.15) is 11.3 Å². The van der Waals surface area contributed by atoms with Crippen molar-refractivity contribution in [3.8, 4) is 0 Å². The quantitative estimate of drug-likeness (QED) is 0.620. The molecule has 1 fully saturated rings. The van der Waals surface area contributed by atoms with Crippen LogP contribution in [0.25, 0.3) is 11.2 Å². The van der Waals surface area contributed by atoms with Crippen LogP contribution >= 0.6 is 0 Å². The van der Waals surface area contributed by atoms with E-state index in [0.29, 0.717) is 23.9 Å². The highest BCUT2D eigenvalue weighted by Crippen LogP contribution is 2.29. The number of hydrogen-bond acceptors (Lipinski definition) is 4. The van der Waals surface area contributed by atoms with E-state index in [9.17, 15) is 8.42 Å². The van der Waals surface area contributed by atoms with Gasteiger partial charge < -0.3 is 4.57 Å². The minimum absolute atomic E-state index is 0.261. The number of imidazole rings is 1. The van der Waals surface area contributed by atoms with Crippen LogP contribution < -0.4 is 0 Å². The third-order valence-corrected chi connectivity index (χ3v) is 7.59. The van der Waals surface area contributed by atoms with Crippen LogP contribution in [0.15, 0.2) is 47.5 Å². The molecule has 2 aromatic heterocycles. The van der Waals surface area contributed by atoms with Gasteiger partial charge in [0.25, 0.3) is 0 Å². The molecule has 1 aromatic carbocycles. The van der Waals surface area contributed by atoms with Crippen LogP contribution in [0.1, 0.15) is 31.7 Å². The van der Waals surface area contributed by atoms with Gasteiger partial charge in [-0.15, -0.1) is 0 Å². The molecule has 0 aliphatic carbocycles. The summed E-state index contributed by atoms with van der Waals surface area (Å²) in [7, 11) is -3.45. The molecule has 7 heteroatoms. The van der Waals surface area contributed by atoms with Gasteiger partial charge in [0, 0.05) is 32.3 Å². The van der Waals surface area contributed by atoms with E-state index in [4.69, 9.17) is 4.98 Å². The van der Waals surface area contributed by atoms with Gasteiger partial charge in [0.2, 0.25) is 10.0 Å². The number of nitrogens with zero attached hydrogens (tertiary/aromatic N) is 4. The average Bonchev–Trinajstić information content (AvgIpc) is 3.28. The van der Waals surface area contributed by atoms with E-state index in [1.54, 1.807) is 22.6 Å². The van der Waals surface area contributed by atoms with E-state index in [-0.39, 0.29) is 5.92 Å². The van der Waals surface area contributed by atoms with Gasteiger partial charge in [-0.3, -0.25) is 0 Å². The number of aryl methyl sites for hydroxylation is 1. The van der Waals surface area contributed by atoms with Crippen LogP contribution in [0.5, 0.6) is 0 Å². The molecule has 1 unspecified atom stereocenters. The molecule has 1 atom stereocenters. The van der Waals surface area contributed by atoms with Crippen LogP contribution in [0.3, 0.4) is 0 Å². The van der Waals surface area contributed by atoms with Gasteiger partial charge in [-0.1, -0.05) is 32.0 Å². The summed E-state index contributed by atoms with van der Waals surface area (Å²) >= 11 is 0. The Balaban J connectivity index is 1.56. The van der Waals surface area contributed by atoms with E-state index >= 15 is 0 Å². The van der Waals surface area contributed by atoms with Crippen molar-refractivity contribution in [3.63, 3.8) is 0 Å². The molecule has 1 aliphatic heterocycles. The normalized spacial score (nSPS) is 18.1. The molecule has 0 amide bonds. The van der Waals surface area contributed by atoms with Gasteiger partial charge in [-0.2, -0.15) is 4.31 Å². The van der Waals surface area contributed by atoms with E-state index in [2.05, 4.69) is 23.4 Å². The molecule has 0 radical (unpaired) electrons. The molecule has 0 bridgehead atoms. The maximum Gasteiger partial charge on any atom is 0.243 e. The molecule has 0 saturated carbocycles. The SMILES string of the molecule is Cc1ccccc1S(=O)(=O)N1CCC(Cc2nc3cccnc3n2CC(C)C)C1. The second-order valence-corrected chi connectivity index (χ2v) is 10.3. The molecule has 0 N–H and O–H groups in total. The van der Waals surface area contributed by atoms with Crippen molar-refractivity contribution in [1.82, 2.24) is 18.8 Å². The first-order chi connectivity index (χ1) is 13.9. The predicted molar refractivity (Wildman–Crippen MR) is 114 cm³/mol. The van der Waals surface area contributed by atoms with E-state index in [1.807, 2.05) is 31.2 Å². The first-order valence-corrected chi connectivity index (χ1v) is 11.7.